The Hall–Kier alpha value is -2.85. The Bertz CT molecular complexity index is 984. The number of anilines is 2. The van der Waals surface area contributed by atoms with Gasteiger partial charge in [-0.25, -0.2) is 27.8 Å². The van der Waals surface area contributed by atoms with Crippen molar-refractivity contribution in [3.05, 3.63) is 60.7 Å². The summed E-state index contributed by atoms with van der Waals surface area (Å²) in [4.78, 5) is 7.77. The maximum atomic E-state index is 12.3. The second-order valence-corrected chi connectivity index (χ2v) is 7.16. The van der Waals surface area contributed by atoms with Crippen molar-refractivity contribution in [2.75, 3.05) is 10.0 Å². The normalized spacial score (nSPS) is 11.1. The van der Waals surface area contributed by atoms with Crippen LogP contribution in [-0.2, 0) is 10.0 Å². The van der Waals surface area contributed by atoms with Gasteiger partial charge in [0, 0.05) is 24.3 Å². The molecule has 0 radical (unpaired) electrons. The van der Waals surface area contributed by atoms with E-state index in [1.165, 1.54) is 29.2 Å². The maximum absolute atomic E-state index is 12.3. The first-order valence-electron chi connectivity index (χ1n) is 7.16. The average Bonchev–Trinajstić information content (AvgIpc) is 3.02. The average molecular weight is 374 g/mol. The summed E-state index contributed by atoms with van der Waals surface area (Å²) >= 11 is 5.25. The lowest BCUT2D eigenvalue weighted by Crippen LogP contribution is -2.19. The largest absolute Gasteiger partial charge is 0.331 e. The van der Waals surface area contributed by atoms with Gasteiger partial charge < -0.3 is 5.32 Å². The minimum atomic E-state index is -3.76. The molecule has 3 rings (SSSR count). The van der Waals surface area contributed by atoms with Gasteiger partial charge >= 0.3 is 0 Å². The number of aromatic nitrogens is 4. The van der Waals surface area contributed by atoms with Gasteiger partial charge in [-0.1, -0.05) is 0 Å². The molecule has 0 saturated carbocycles. The van der Waals surface area contributed by atoms with E-state index in [0.717, 1.165) is 5.56 Å². The number of hydrogen-bond acceptors (Lipinski definition) is 6. The van der Waals surface area contributed by atoms with E-state index in [1.807, 2.05) is 6.92 Å². The fourth-order valence-electron chi connectivity index (χ4n) is 1.95. The van der Waals surface area contributed by atoms with Crippen molar-refractivity contribution in [2.45, 2.75) is 11.8 Å². The molecule has 0 unspecified atom stereocenters. The highest BCUT2D eigenvalue weighted by atomic mass is 32.2. The molecule has 0 aliphatic rings. The predicted molar refractivity (Wildman–Crippen MR) is 97.9 cm³/mol. The predicted octanol–water partition coefficient (Wildman–Crippen LogP) is 2.03. The smallest absolute Gasteiger partial charge is 0.264 e. The van der Waals surface area contributed by atoms with Crippen LogP contribution in [-0.4, -0.2) is 33.3 Å². The van der Waals surface area contributed by atoms with Gasteiger partial charge in [0.2, 0.25) is 5.95 Å². The van der Waals surface area contributed by atoms with Crippen LogP contribution in [0.3, 0.4) is 0 Å². The second-order valence-electron chi connectivity index (χ2n) is 5.09. The molecular weight excluding hydrogens is 360 g/mol. The number of rotatable bonds is 4. The standard InChI is InChI=1S/C15H14N6O2S2/c1-11-9-18-21(10-11)15(24)19-12-3-5-13(6-4-12)25(22,23)20-14-16-7-2-8-17-14/h2-10H,1H3,(H,19,24)(H,16,17,20). The van der Waals surface area contributed by atoms with E-state index in [1.54, 1.807) is 30.6 Å². The van der Waals surface area contributed by atoms with Gasteiger partial charge in [0.25, 0.3) is 10.0 Å². The van der Waals surface area contributed by atoms with Crippen LogP contribution in [0.1, 0.15) is 5.56 Å². The molecule has 0 amide bonds. The van der Waals surface area contributed by atoms with Crippen LogP contribution in [0.2, 0.25) is 0 Å². The van der Waals surface area contributed by atoms with Gasteiger partial charge in [0.15, 0.2) is 5.11 Å². The van der Waals surface area contributed by atoms with Gasteiger partial charge in [-0.3, -0.25) is 0 Å². The molecule has 0 fully saturated rings. The summed E-state index contributed by atoms with van der Waals surface area (Å²) < 4.78 is 28.5. The minimum absolute atomic E-state index is 0.0138. The van der Waals surface area contributed by atoms with Crippen LogP contribution in [0.5, 0.6) is 0 Å². The van der Waals surface area contributed by atoms with E-state index < -0.39 is 10.0 Å². The highest BCUT2D eigenvalue weighted by Crippen LogP contribution is 2.16. The zero-order valence-corrected chi connectivity index (χ0v) is 14.8. The molecular formula is C15H14N6O2S2. The Balaban J connectivity index is 1.72. The minimum Gasteiger partial charge on any atom is -0.331 e. The molecule has 8 nitrogen and oxygen atoms in total. The fourth-order valence-corrected chi connectivity index (χ4v) is 3.13. The molecule has 128 valence electrons. The molecule has 0 aliphatic heterocycles. The van der Waals surface area contributed by atoms with Crippen LogP contribution >= 0.6 is 12.2 Å². The third kappa shape index (κ3) is 4.17. The van der Waals surface area contributed by atoms with Crippen molar-refractivity contribution in [3.8, 4) is 0 Å². The van der Waals surface area contributed by atoms with Crippen molar-refractivity contribution in [2.24, 2.45) is 0 Å². The molecule has 2 heterocycles. The first kappa shape index (κ1) is 17.0. The van der Waals surface area contributed by atoms with E-state index in [0.29, 0.717) is 10.8 Å². The monoisotopic (exact) mass is 374 g/mol. The summed E-state index contributed by atoms with van der Waals surface area (Å²) in [5, 5.41) is 7.49. The lowest BCUT2D eigenvalue weighted by molar-refractivity contribution is 0.601. The van der Waals surface area contributed by atoms with E-state index >= 15 is 0 Å². The molecule has 1 aromatic carbocycles. The number of sulfonamides is 1. The molecule has 0 saturated heterocycles. The van der Waals surface area contributed by atoms with E-state index in [9.17, 15) is 8.42 Å². The number of aryl methyl sites for hydroxylation is 1. The lowest BCUT2D eigenvalue weighted by atomic mass is 10.3. The third-order valence-electron chi connectivity index (χ3n) is 3.13. The number of hydrogen-bond donors (Lipinski definition) is 2. The molecule has 2 N–H and O–H groups in total. The molecule has 0 atom stereocenters. The molecule has 10 heteroatoms. The molecule has 0 bridgehead atoms. The molecule has 0 aliphatic carbocycles. The van der Waals surface area contributed by atoms with Crippen LogP contribution in [0.25, 0.3) is 0 Å². The summed E-state index contributed by atoms with van der Waals surface area (Å²) in [7, 11) is -3.76. The van der Waals surface area contributed by atoms with Gasteiger partial charge in [-0.05, 0) is 55.0 Å². The lowest BCUT2D eigenvalue weighted by Gasteiger charge is -2.09. The van der Waals surface area contributed by atoms with Crippen molar-refractivity contribution in [3.63, 3.8) is 0 Å². The topological polar surface area (TPSA) is 102 Å². The highest BCUT2D eigenvalue weighted by Gasteiger charge is 2.15. The number of nitrogens with zero attached hydrogens (tertiary/aromatic N) is 4. The van der Waals surface area contributed by atoms with Gasteiger partial charge in [-0.2, -0.15) is 5.10 Å². The van der Waals surface area contributed by atoms with Crippen molar-refractivity contribution >= 4 is 39.0 Å². The molecule has 0 spiro atoms. The number of nitrogens with one attached hydrogen (secondary N) is 2. The summed E-state index contributed by atoms with van der Waals surface area (Å²) in [6, 6.07) is 7.75. The van der Waals surface area contributed by atoms with E-state index in [-0.39, 0.29) is 10.8 Å². The Kier molecular flexibility index (Phi) is 4.72. The summed E-state index contributed by atoms with van der Waals surface area (Å²) in [6.07, 6.45) is 6.39. The summed E-state index contributed by atoms with van der Waals surface area (Å²) in [6.45, 7) is 1.91. The van der Waals surface area contributed by atoms with Crippen LogP contribution in [0.4, 0.5) is 11.6 Å². The fraction of sp³-hybridized carbons (Fsp3) is 0.0667. The SMILES string of the molecule is Cc1cnn(C(=S)Nc2ccc(S(=O)(=O)Nc3ncccn3)cc2)c1. The number of benzene rings is 1. The first-order chi connectivity index (χ1) is 11.9. The van der Waals surface area contributed by atoms with Gasteiger partial charge in [0.1, 0.15) is 0 Å². The maximum Gasteiger partial charge on any atom is 0.264 e. The highest BCUT2D eigenvalue weighted by molar-refractivity contribution is 7.92. The van der Waals surface area contributed by atoms with Gasteiger partial charge in [0.05, 0.1) is 11.1 Å². The molecule has 3 aromatic rings. The van der Waals surface area contributed by atoms with Crippen LogP contribution in [0, 0.1) is 6.92 Å². The van der Waals surface area contributed by atoms with E-state index in [2.05, 4.69) is 25.1 Å². The van der Waals surface area contributed by atoms with Gasteiger partial charge in [-0.15, -0.1) is 0 Å². The Morgan fingerprint density at radius 3 is 2.44 bits per heavy atom. The van der Waals surface area contributed by atoms with Crippen LogP contribution < -0.4 is 10.0 Å². The van der Waals surface area contributed by atoms with Crippen molar-refractivity contribution < 1.29 is 8.42 Å². The Morgan fingerprint density at radius 1 is 1.16 bits per heavy atom. The Labute approximate surface area is 150 Å². The Morgan fingerprint density at radius 2 is 1.84 bits per heavy atom. The van der Waals surface area contributed by atoms with Crippen molar-refractivity contribution in [1.82, 2.24) is 19.7 Å². The zero-order valence-electron chi connectivity index (χ0n) is 13.1. The van der Waals surface area contributed by atoms with E-state index in [4.69, 9.17) is 12.2 Å². The number of thiocarbonyl (C=S) groups is 1. The third-order valence-corrected chi connectivity index (χ3v) is 4.76. The molecule has 2 aromatic heterocycles. The summed E-state index contributed by atoms with van der Waals surface area (Å²) in [5.74, 6) is 0.0138. The first-order valence-corrected chi connectivity index (χ1v) is 9.06. The second kappa shape index (κ2) is 6.95. The zero-order chi connectivity index (χ0) is 17.9. The summed E-state index contributed by atoms with van der Waals surface area (Å²) in [5.41, 5.74) is 1.63. The molecule has 25 heavy (non-hydrogen) atoms. The van der Waals surface area contributed by atoms with Crippen LogP contribution in [0.15, 0.2) is 60.0 Å². The van der Waals surface area contributed by atoms with Crippen molar-refractivity contribution in [1.29, 1.82) is 0 Å². The quantitative estimate of drug-likeness (QED) is 0.674.